The molecule has 2 aromatic rings. The van der Waals surface area contributed by atoms with Gasteiger partial charge in [-0.3, -0.25) is 9.59 Å². The number of esters is 1. The molecule has 0 spiro atoms. The highest BCUT2D eigenvalue weighted by Crippen LogP contribution is 2.26. The summed E-state index contributed by atoms with van der Waals surface area (Å²) in [5, 5.41) is 10.5. The molecule has 0 bridgehead atoms. The Kier molecular flexibility index (Phi) is 11.9. The fourth-order valence-corrected chi connectivity index (χ4v) is 3.87. The molecule has 1 aromatic heterocycles. The van der Waals surface area contributed by atoms with Crippen molar-refractivity contribution in [3.05, 3.63) is 80.9 Å². The van der Waals surface area contributed by atoms with Crippen LogP contribution >= 0.6 is 0 Å². The van der Waals surface area contributed by atoms with Gasteiger partial charge in [-0.1, -0.05) is 69.5 Å². The lowest BCUT2D eigenvalue weighted by Crippen LogP contribution is -2.16. The number of unbranched alkanes of at least 4 members (excludes halogenated alkanes) is 3. The number of allylic oxidation sites excluding steroid dienone is 2. The number of benzene rings is 1. The molecule has 0 aliphatic heterocycles. The molecule has 6 heteroatoms. The maximum atomic E-state index is 12.9. The Bertz CT molecular complexity index is 1120. The van der Waals surface area contributed by atoms with Gasteiger partial charge in [0.15, 0.2) is 5.78 Å². The Morgan fingerprint density at radius 2 is 1.83 bits per heavy atom. The van der Waals surface area contributed by atoms with Gasteiger partial charge in [0.2, 0.25) is 0 Å². The fourth-order valence-electron chi connectivity index (χ4n) is 3.87. The maximum absolute atomic E-state index is 12.9. The maximum Gasteiger partial charge on any atom is 0.351 e. The van der Waals surface area contributed by atoms with Crippen LogP contribution in [0.3, 0.4) is 0 Å². The van der Waals surface area contributed by atoms with E-state index in [-0.39, 0.29) is 29.6 Å². The van der Waals surface area contributed by atoms with E-state index in [4.69, 9.17) is 4.42 Å². The molecule has 0 aliphatic rings. The number of carbonyl (C=O) groups excluding carboxylic acids is 2. The van der Waals surface area contributed by atoms with Crippen LogP contribution in [0.15, 0.2) is 57.3 Å². The summed E-state index contributed by atoms with van der Waals surface area (Å²) in [6, 6.07) is 9.37. The minimum Gasteiger partial charge on any atom is -0.507 e. The monoisotopic (exact) mass is 494 g/mol. The molecule has 1 atom stereocenters. The third kappa shape index (κ3) is 8.99. The summed E-state index contributed by atoms with van der Waals surface area (Å²) < 4.78 is 9.97. The highest BCUT2D eigenvalue weighted by Gasteiger charge is 2.22. The molecule has 1 N–H and O–H groups in total. The van der Waals surface area contributed by atoms with Crippen molar-refractivity contribution in [1.82, 2.24) is 0 Å². The van der Waals surface area contributed by atoms with Gasteiger partial charge in [0.05, 0.1) is 13.5 Å². The van der Waals surface area contributed by atoms with E-state index in [0.717, 1.165) is 18.4 Å². The zero-order valence-corrected chi connectivity index (χ0v) is 21.8. The standard InChI is InChI=1S/C30H38O6/c1-5-6-7-10-13-23-15-17-24(18-16-23)19-22(3)29(33)28-25(31)20-26(36-30(28)34)21(2)12-9-8-11-14-27(32)35-4/h8,11,15-21,31H,5-7,9-10,12-14H2,1-4H3/b11-8+,22-19?. The van der Waals surface area contributed by atoms with Gasteiger partial charge in [-0.2, -0.15) is 0 Å². The van der Waals surface area contributed by atoms with Gasteiger partial charge >= 0.3 is 11.6 Å². The van der Waals surface area contributed by atoms with Crippen LogP contribution in [0.25, 0.3) is 6.08 Å². The third-order valence-corrected chi connectivity index (χ3v) is 6.15. The largest absolute Gasteiger partial charge is 0.507 e. The van der Waals surface area contributed by atoms with Crippen molar-refractivity contribution in [3.8, 4) is 5.75 Å². The quantitative estimate of drug-likeness (QED) is 0.103. The van der Waals surface area contributed by atoms with Gasteiger partial charge < -0.3 is 14.3 Å². The van der Waals surface area contributed by atoms with Gasteiger partial charge in [0.1, 0.15) is 17.1 Å². The van der Waals surface area contributed by atoms with Crippen LogP contribution in [0.2, 0.25) is 0 Å². The average molecular weight is 495 g/mol. The first-order valence-corrected chi connectivity index (χ1v) is 12.7. The van der Waals surface area contributed by atoms with Crippen molar-refractivity contribution in [2.45, 2.75) is 78.1 Å². The van der Waals surface area contributed by atoms with E-state index in [0.29, 0.717) is 24.2 Å². The van der Waals surface area contributed by atoms with Crippen LogP contribution in [-0.4, -0.2) is 24.0 Å². The number of Topliss-reactive ketones (excluding diaryl/α,β-unsaturated/α-hetero) is 1. The highest BCUT2D eigenvalue weighted by atomic mass is 16.5. The van der Waals surface area contributed by atoms with Crippen molar-refractivity contribution in [2.75, 3.05) is 7.11 Å². The summed E-state index contributed by atoms with van der Waals surface area (Å²) in [4.78, 5) is 36.7. The highest BCUT2D eigenvalue weighted by molar-refractivity contribution is 6.12. The third-order valence-electron chi connectivity index (χ3n) is 6.15. The first-order valence-electron chi connectivity index (χ1n) is 12.7. The molecule has 0 fully saturated rings. The zero-order chi connectivity index (χ0) is 26.5. The SMILES string of the molecule is CCCCCCc1ccc(C=C(C)C(=O)c2c(O)cc(C(C)CC/C=C/CC(=O)OC)oc2=O)cc1. The van der Waals surface area contributed by atoms with Crippen molar-refractivity contribution in [2.24, 2.45) is 0 Å². The molecular formula is C30H38O6. The summed E-state index contributed by atoms with van der Waals surface area (Å²) in [5.41, 5.74) is 1.25. The number of aryl methyl sites for hydroxylation is 1. The van der Waals surface area contributed by atoms with Crippen LogP contribution in [0.5, 0.6) is 5.75 Å². The van der Waals surface area contributed by atoms with E-state index < -0.39 is 11.4 Å². The summed E-state index contributed by atoms with van der Waals surface area (Å²) >= 11 is 0. The lowest BCUT2D eigenvalue weighted by molar-refractivity contribution is -0.139. The second-order valence-corrected chi connectivity index (χ2v) is 9.14. The van der Waals surface area contributed by atoms with Crippen molar-refractivity contribution in [1.29, 1.82) is 0 Å². The molecular weight excluding hydrogens is 456 g/mol. The Morgan fingerprint density at radius 1 is 1.11 bits per heavy atom. The Labute approximate surface area is 213 Å². The van der Waals surface area contributed by atoms with Gasteiger partial charge in [-0.05, 0) is 55.4 Å². The van der Waals surface area contributed by atoms with Crippen LogP contribution in [0.1, 0.15) is 98.9 Å². The number of hydrogen-bond acceptors (Lipinski definition) is 6. The molecule has 194 valence electrons. The van der Waals surface area contributed by atoms with Crippen LogP contribution < -0.4 is 5.63 Å². The van der Waals surface area contributed by atoms with E-state index in [1.165, 1.54) is 38.0 Å². The molecule has 2 rings (SSSR count). The molecule has 0 radical (unpaired) electrons. The molecule has 6 nitrogen and oxygen atoms in total. The lowest BCUT2D eigenvalue weighted by atomic mass is 9.98. The summed E-state index contributed by atoms with van der Waals surface area (Å²) in [7, 11) is 1.34. The minimum atomic E-state index is -0.849. The number of methoxy groups -OCH3 is 1. The predicted molar refractivity (Wildman–Crippen MR) is 142 cm³/mol. The van der Waals surface area contributed by atoms with E-state index in [9.17, 15) is 19.5 Å². The van der Waals surface area contributed by atoms with E-state index >= 15 is 0 Å². The lowest BCUT2D eigenvalue weighted by Gasteiger charge is -2.11. The van der Waals surface area contributed by atoms with Crippen molar-refractivity contribution < 1.29 is 23.8 Å². The molecule has 1 aromatic carbocycles. The van der Waals surface area contributed by atoms with Crippen LogP contribution in [-0.2, 0) is 16.0 Å². The molecule has 0 amide bonds. The molecule has 1 heterocycles. The van der Waals surface area contributed by atoms with E-state index in [2.05, 4.69) is 23.8 Å². The Morgan fingerprint density at radius 3 is 2.47 bits per heavy atom. The fraction of sp³-hybridized carbons (Fsp3) is 0.433. The zero-order valence-electron chi connectivity index (χ0n) is 21.8. The van der Waals surface area contributed by atoms with E-state index in [1.807, 2.05) is 25.1 Å². The van der Waals surface area contributed by atoms with Crippen molar-refractivity contribution in [3.63, 3.8) is 0 Å². The molecule has 0 aliphatic carbocycles. The number of carbonyl (C=O) groups is 2. The summed E-state index contributed by atoms with van der Waals surface area (Å²) in [5.74, 6) is -1.10. The molecule has 0 saturated carbocycles. The Hall–Kier alpha value is -3.41. The molecule has 1 unspecified atom stereocenters. The number of rotatable bonds is 14. The number of ketones is 1. The summed E-state index contributed by atoms with van der Waals surface area (Å²) in [6.45, 7) is 5.68. The second-order valence-electron chi connectivity index (χ2n) is 9.14. The topological polar surface area (TPSA) is 93.8 Å². The first-order chi connectivity index (χ1) is 17.3. The Balaban J connectivity index is 2.04. The van der Waals surface area contributed by atoms with Gasteiger partial charge in [0, 0.05) is 12.0 Å². The summed E-state index contributed by atoms with van der Waals surface area (Å²) in [6.07, 6.45) is 12.7. The molecule has 0 saturated heterocycles. The smallest absolute Gasteiger partial charge is 0.351 e. The number of ether oxygens (including phenoxy) is 1. The minimum absolute atomic E-state index is 0.160. The van der Waals surface area contributed by atoms with Gasteiger partial charge in [-0.15, -0.1) is 0 Å². The normalized spacial score (nSPS) is 12.6. The second kappa shape index (κ2) is 14.9. The van der Waals surface area contributed by atoms with Crippen molar-refractivity contribution >= 4 is 17.8 Å². The number of hydrogen-bond donors (Lipinski definition) is 1. The van der Waals surface area contributed by atoms with E-state index in [1.54, 1.807) is 19.1 Å². The number of aromatic hydroxyl groups is 1. The van der Waals surface area contributed by atoms with Gasteiger partial charge in [-0.25, -0.2) is 4.79 Å². The molecule has 36 heavy (non-hydrogen) atoms. The first kappa shape index (κ1) is 28.8. The predicted octanol–water partition coefficient (Wildman–Crippen LogP) is 6.76. The van der Waals surface area contributed by atoms with Gasteiger partial charge in [0.25, 0.3) is 0 Å². The van der Waals surface area contributed by atoms with Crippen LogP contribution in [0.4, 0.5) is 0 Å². The average Bonchev–Trinajstić information content (AvgIpc) is 2.86. The van der Waals surface area contributed by atoms with Crippen LogP contribution in [0, 0.1) is 0 Å².